The van der Waals surface area contributed by atoms with Crippen LogP contribution in [0.3, 0.4) is 0 Å². The molecule has 0 aliphatic rings. The van der Waals surface area contributed by atoms with Gasteiger partial charge < -0.3 is 5.11 Å². The maximum Gasteiger partial charge on any atom is 0.115 e. The number of benzene rings is 8. The van der Waals surface area contributed by atoms with Gasteiger partial charge in [0, 0.05) is 5.75 Å². The van der Waals surface area contributed by atoms with Crippen LogP contribution in [0, 0.1) is 27.7 Å². The van der Waals surface area contributed by atoms with Crippen molar-refractivity contribution in [3.8, 4) is 16.9 Å². The Kier molecular flexibility index (Phi) is 22.5. The standard InChI is InChI=1S/C22H18.C10H14S.C10H14.C7H8O.C7H8.CH4S/c1-15-11-13-21(19-9-5-3-7-17(15)19)22-14-12-16(2)18-8-4-6-10-20(18)22;1-2-3-9-4-6-10(8-11)7-5-9;1-3-9(2)10-7-5-4-6-8-10;1-6-2-4-7(8)5-3-6;1-7-5-3-2-4-6-7;1-2/h3-14H,1-2H3;4-7,11H,2-3,8H2,1H3;4-9H,3H2,1-2H3;2-5,8H,1H3;2-6H,1H3;2H,1H3. The second-order valence-electron chi connectivity index (χ2n) is 14.9. The van der Waals surface area contributed by atoms with Crippen LogP contribution >= 0.6 is 25.3 Å². The van der Waals surface area contributed by atoms with E-state index in [9.17, 15) is 0 Å². The third-order valence-corrected chi connectivity index (χ3v) is 10.6. The van der Waals surface area contributed by atoms with Crippen LogP contribution in [0.25, 0.3) is 32.7 Å². The minimum atomic E-state index is 0.329. The van der Waals surface area contributed by atoms with Crippen molar-refractivity contribution >= 4 is 46.8 Å². The minimum absolute atomic E-state index is 0.329. The average Bonchev–Trinajstić information content (AvgIpc) is 3.30. The first kappa shape index (κ1) is 49.1. The molecule has 0 aliphatic heterocycles. The summed E-state index contributed by atoms with van der Waals surface area (Å²) >= 11 is 7.72. The first-order valence-corrected chi connectivity index (χ1v) is 22.6. The van der Waals surface area contributed by atoms with Crippen molar-refractivity contribution in [2.24, 2.45) is 0 Å². The lowest BCUT2D eigenvalue weighted by Gasteiger charge is -2.13. The molecule has 0 saturated carbocycles. The van der Waals surface area contributed by atoms with Gasteiger partial charge >= 0.3 is 0 Å². The summed E-state index contributed by atoms with van der Waals surface area (Å²) in [4.78, 5) is 0. The van der Waals surface area contributed by atoms with Crippen LogP contribution in [0.1, 0.15) is 78.5 Å². The monoisotopic (exact) mass is 830 g/mol. The van der Waals surface area contributed by atoms with Crippen LogP contribution in [0.2, 0.25) is 0 Å². The SMILES string of the molecule is CCC(C)c1ccccc1.CCCc1ccc(CS)cc1.CS.Cc1ccc(-c2ccc(C)c3ccccc23)c2ccccc12.Cc1ccc(O)cc1.Cc1ccccc1. The summed E-state index contributed by atoms with van der Waals surface area (Å²) in [7, 11) is 0. The molecule has 1 unspecified atom stereocenters. The highest BCUT2D eigenvalue weighted by Crippen LogP contribution is 2.36. The van der Waals surface area contributed by atoms with Crippen molar-refractivity contribution in [2.75, 3.05) is 6.26 Å². The van der Waals surface area contributed by atoms with Crippen molar-refractivity contribution in [1.82, 2.24) is 0 Å². The Morgan fingerprint density at radius 2 is 0.850 bits per heavy atom. The van der Waals surface area contributed by atoms with E-state index in [1.165, 1.54) is 90.9 Å². The van der Waals surface area contributed by atoms with Crippen LogP contribution in [0.15, 0.2) is 182 Å². The number of rotatable bonds is 6. The Morgan fingerprint density at radius 3 is 1.23 bits per heavy atom. The molecular formula is C57H66OS2. The van der Waals surface area contributed by atoms with E-state index in [-0.39, 0.29) is 0 Å². The summed E-state index contributed by atoms with van der Waals surface area (Å²) < 4.78 is 0. The molecule has 312 valence electrons. The maximum atomic E-state index is 8.76. The van der Waals surface area contributed by atoms with Crippen molar-refractivity contribution < 1.29 is 5.11 Å². The van der Waals surface area contributed by atoms with Crippen LogP contribution in [-0.2, 0) is 12.2 Å². The van der Waals surface area contributed by atoms with Crippen LogP contribution < -0.4 is 0 Å². The van der Waals surface area contributed by atoms with E-state index in [2.05, 4.69) is 206 Å². The summed E-state index contributed by atoms with van der Waals surface area (Å²) in [6.45, 7) is 15.1. The zero-order chi connectivity index (χ0) is 43.7. The molecule has 1 atom stereocenters. The summed E-state index contributed by atoms with van der Waals surface area (Å²) in [6.07, 6.45) is 5.33. The first-order valence-electron chi connectivity index (χ1n) is 21.1. The lowest BCUT2D eigenvalue weighted by Crippen LogP contribution is -1.88. The number of aromatic hydroxyl groups is 1. The molecular weight excluding hydrogens is 765 g/mol. The number of hydrogen-bond acceptors (Lipinski definition) is 3. The molecule has 0 bridgehead atoms. The van der Waals surface area contributed by atoms with Gasteiger partial charge in [0.25, 0.3) is 0 Å². The summed E-state index contributed by atoms with van der Waals surface area (Å²) in [5, 5.41) is 14.1. The smallest absolute Gasteiger partial charge is 0.115 e. The number of thiol groups is 2. The van der Waals surface area contributed by atoms with E-state index in [1.54, 1.807) is 18.4 Å². The van der Waals surface area contributed by atoms with Gasteiger partial charge in [-0.15, -0.1) is 0 Å². The van der Waals surface area contributed by atoms with E-state index in [0.717, 1.165) is 5.75 Å². The molecule has 8 aromatic rings. The number of hydrogen-bond donors (Lipinski definition) is 3. The average molecular weight is 831 g/mol. The van der Waals surface area contributed by atoms with Crippen LogP contribution in [0.5, 0.6) is 5.75 Å². The van der Waals surface area contributed by atoms with Gasteiger partial charge in [0.1, 0.15) is 5.75 Å². The highest BCUT2D eigenvalue weighted by atomic mass is 32.1. The normalized spacial score (nSPS) is 10.4. The molecule has 8 rings (SSSR count). The minimum Gasteiger partial charge on any atom is -0.508 e. The van der Waals surface area contributed by atoms with Gasteiger partial charge in [-0.3, -0.25) is 0 Å². The molecule has 3 heteroatoms. The molecule has 0 aliphatic carbocycles. The highest BCUT2D eigenvalue weighted by Gasteiger charge is 2.10. The van der Waals surface area contributed by atoms with E-state index in [4.69, 9.17) is 5.11 Å². The summed E-state index contributed by atoms with van der Waals surface area (Å²) in [5.41, 5.74) is 12.0. The van der Waals surface area contributed by atoms with Crippen molar-refractivity contribution in [3.63, 3.8) is 0 Å². The van der Waals surface area contributed by atoms with Crippen molar-refractivity contribution in [3.05, 3.63) is 221 Å². The molecule has 0 fully saturated rings. The van der Waals surface area contributed by atoms with Crippen molar-refractivity contribution in [1.29, 1.82) is 0 Å². The highest BCUT2D eigenvalue weighted by molar-refractivity contribution is 7.79. The number of phenols is 1. The van der Waals surface area contributed by atoms with Gasteiger partial charge in [-0.2, -0.15) is 25.3 Å². The molecule has 0 amide bonds. The predicted octanol–water partition coefficient (Wildman–Crippen LogP) is 16.8. The van der Waals surface area contributed by atoms with Crippen LogP contribution in [-0.4, -0.2) is 11.4 Å². The Balaban J connectivity index is 0.000000215. The Labute approximate surface area is 373 Å². The largest absolute Gasteiger partial charge is 0.508 e. The number of aryl methyl sites for hydroxylation is 5. The number of fused-ring (bicyclic) bond motifs is 2. The molecule has 60 heavy (non-hydrogen) atoms. The molecule has 8 aromatic carbocycles. The molecule has 1 nitrogen and oxygen atoms in total. The lowest BCUT2D eigenvalue weighted by molar-refractivity contribution is 0.475. The fraction of sp³-hybridized carbons (Fsp3) is 0.228. The lowest BCUT2D eigenvalue weighted by atomic mass is 9.91. The Bertz CT molecular complexity index is 2260. The molecule has 0 saturated heterocycles. The van der Waals surface area contributed by atoms with Gasteiger partial charge in [-0.25, -0.2) is 0 Å². The molecule has 0 heterocycles. The van der Waals surface area contributed by atoms with Crippen molar-refractivity contribution in [2.45, 2.75) is 79.4 Å². The predicted molar refractivity (Wildman–Crippen MR) is 274 cm³/mol. The van der Waals surface area contributed by atoms with Crippen LogP contribution in [0.4, 0.5) is 0 Å². The fourth-order valence-corrected chi connectivity index (χ4v) is 6.78. The van der Waals surface area contributed by atoms with E-state index < -0.39 is 0 Å². The third kappa shape index (κ3) is 16.1. The Morgan fingerprint density at radius 1 is 0.450 bits per heavy atom. The summed E-state index contributed by atoms with van der Waals surface area (Å²) in [6, 6.07) is 63.0. The van der Waals surface area contributed by atoms with Gasteiger partial charge in [0.15, 0.2) is 0 Å². The molecule has 0 radical (unpaired) electrons. The van der Waals surface area contributed by atoms with Gasteiger partial charge in [-0.05, 0) is 125 Å². The summed E-state index contributed by atoms with van der Waals surface area (Å²) in [5.74, 6) is 1.88. The van der Waals surface area contributed by atoms with E-state index in [0.29, 0.717) is 11.7 Å². The zero-order valence-electron chi connectivity index (χ0n) is 37.1. The number of phenolic OH excluding ortho intramolecular Hbond substituents is 1. The third-order valence-electron chi connectivity index (χ3n) is 10.3. The quantitative estimate of drug-likeness (QED) is 0.143. The zero-order valence-corrected chi connectivity index (χ0v) is 38.9. The van der Waals surface area contributed by atoms with Gasteiger partial charge in [-0.1, -0.05) is 208 Å². The Hall–Kier alpha value is -5.22. The molecule has 1 N–H and O–H groups in total. The fourth-order valence-electron chi connectivity index (χ4n) is 6.57. The molecule has 0 aromatic heterocycles. The maximum absolute atomic E-state index is 8.76. The van der Waals surface area contributed by atoms with E-state index in [1.807, 2.05) is 37.3 Å². The second kappa shape index (κ2) is 27.5. The van der Waals surface area contributed by atoms with E-state index >= 15 is 0 Å². The topological polar surface area (TPSA) is 20.2 Å². The first-order chi connectivity index (χ1) is 29.1. The van der Waals surface area contributed by atoms with Gasteiger partial charge in [0.05, 0.1) is 0 Å². The molecule has 0 spiro atoms. The second-order valence-corrected chi connectivity index (χ2v) is 15.2. The van der Waals surface area contributed by atoms with Gasteiger partial charge in [0.2, 0.25) is 0 Å².